The normalized spacial score (nSPS) is 15.9. The molecule has 0 rings (SSSR count). The van der Waals surface area contributed by atoms with E-state index in [4.69, 9.17) is 0 Å². The van der Waals surface area contributed by atoms with Crippen molar-refractivity contribution in [1.82, 2.24) is 0 Å². The van der Waals surface area contributed by atoms with Crippen LogP contribution in [0, 0.1) is 17.8 Å². The molecule has 0 heterocycles. The molecule has 14 heavy (non-hydrogen) atoms. The molecule has 0 aromatic heterocycles. The summed E-state index contributed by atoms with van der Waals surface area (Å²) in [5.74, 6) is 2.82. The molecule has 0 aromatic rings. The summed E-state index contributed by atoms with van der Waals surface area (Å²) >= 11 is 0. The van der Waals surface area contributed by atoms with Gasteiger partial charge in [0.2, 0.25) is 0 Å². The summed E-state index contributed by atoms with van der Waals surface area (Å²) in [6, 6.07) is 0. The van der Waals surface area contributed by atoms with Gasteiger partial charge in [0.05, 0.1) is 0 Å². The Labute approximate surface area is 91.5 Å². The summed E-state index contributed by atoms with van der Waals surface area (Å²) < 4.78 is 0. The molecule has 0 aliphatic rings. The van der Waals surface area contributed by atoms with Crippen LogP contribution in [-0.2, 0) is 0 Å². The van der Waals surface area contributed by atoms with Crippen molar-refractivity contribution in [1.29, 1.82) is 0 Å². The van der Waals surface area contributed by atoms with E-state index in [0.29, 0.717) is 0 Å². The van der Waals surface area contributed by atoms with E-state index in [9.17, 15) is 0 Å². The molecule has 0 nitrogen and oxygen atoms in total. The van der Waals surface area contributed by atoms with Crippen molar-refractivity contribution >= 4 is 0 Å². The lowest BCUT2D eigenvalue weighted by Gasteiger charge is -2.28. The van der Waals surface area contributed by atoms with E-state index in [1.54, 1.807) is 0 Å². The fourth-order valence-electron chi connectivity index (χ4n) is 2.59. The minimum absolute atomic E-state index is 0.920. The van der Waals surface area contributed by atoms with Gasteiger partial charge >= 0.3 is 0 Å². The Hall–Kier alpha value is 0. The smallest absolute Gasteiger partial charge is 0.0386 e. The van der Waals surface area contributed by atoms with Gasteiger partial charge in [-0.15, -0.1) is 0 Å². The van der Waals surface area contributed by atoms with Gasteiger partial charge in [-0.25, -0.2) is 0 Å². The van der Waals surface area contributed by atoms with Crippen molar-refractivity contribution < 1.29 is 0 Å². The van der Waals surface area contributed by atoms with Crippen LogP contribution in [0.3, 0.4) is 0 Å². The second kappa shape index (κ2) is 8.32. The van der Waals surface area contributed by atoms with Crippen LogP contribution >= 0.6 is 0 Å². The van der Waals surface area contributed by atoms with Crippen molar-refractivity contribution in [3.05, 3.63) is 0 Å². The monoisotopic (exact) mass is 198 g/mol. The molecule has 0 spiro atoms. The van der Waals surface area contributed by atoms with E-state index in [-0.39, 0.29) is 0 Å². The molecule has 0 fully saturated rings. The second-order valence-electron chi connectivity index (χ2n) is 4.96. The van der Waals surface area contributed by atoms with Crippen LogP contribution in [0.2, 0.25) is 0 Å². The average molecular weight is 198 g/mol. The maximum Gasteiger partial charge on any atom is -0.0386 e. The Balaban J connectivity index is 4.03. The van der Waals surface area contributed by atoms with Crippen molar-refractivity contribution in [2.75, 3.05) is 0 Å². The van der Waals surface area contributed by atoms with E-state index < -0.39 is 0 Å². The summed E-state index contributed by atoms with van der Waals surface area (Å²) in [4.78, 5) is 0. The first-order valence-corrected chi connectivity index (χ1v) is 6.67. The zero-order chi connectivity index (χ0) is 11.0. The third kappa shape index (κ3) is 5.02. The van der Waals surface area contributed by atoms with Gasteiger partial charge in [0.15, 0.2) is 0 Å². The molecule has 0 bridgehead atoms. The van der Waals surface area contributed by atoms with Gasteiger partial charge in [0.1, 0.15) is 0 Å². The van der Waals surface area contributed by atoms with Crippen LogP contribution in [0.4, 0.5) is 0 Å². The Bertz CT molecular complexity index is 111. The molecule has 0 saturated carbocycles. The lowest BCUT2D eigenvalue weighted by atomic mass is 9.77. The number of hydrogen-bond donors (Lipinski definition) is 0. The molecular formula is C14H30. The van der Waals surface area contributed by atoms with Crippen LogP contribution < -0.4 is 0 Å². The van der Waals surface area contributed by atoms with E-state index >= 15 is 0 Å². The molecule has 0 aliphatic heterocycles. The van der Waals surface area contributed by atoms with Crippen LogP contribution in [0.1, 0.15) is 73.1 Å². The summed E-state index contributed by atoms with van der Waals surface area (Å²) in [7, 11) is 0. The minimum atomic E-state index is 0.920. The minimum Gasteiger partial charge on any atom is -0.0654 e. The molecule has 2 atom stereocenters. The summed E-state index contributed by atoms with van der Waals surface area (Å²) in [6.45, 7) is 11.8. The predicted molar refractivity (Wildman–Crippen MR) is 66.5 cm³/mol. The van der Waals surface area contributed by atoms with E-state index in [1.807, 2.05) is 0 Å². The molecule has 0 amide bonds. The highest BCUT2D eigenvalue weighted by molar-refractivity contribution is 4.71. The molecule has 0 radical (unpaired) electrons. The highest BCUT2D eigenvalue weighted by Crippen LogP contribution is 2.30. The lowest BCUT2D eigenvalue weighted by molar-refractivity contribution is 0.222. The molecule has 0 aromatic carbocycles. The first-order chi connectivity index (χ1) is 6.67. The standard InChI is InChI=1S/C14H30/c1-6-9-12(4)13(5)14(10-7-2)11-8-3/h12-14H,6-11H2,1-5H3. The Morgan fingerprint density at radius 2 is 1.14 bits per heavy atom. The molecular weight excluding hydrogens is 168 g/mol. The zero-order valence-electron chi connectivity index (χ0n) is 11.0. The maximum atomic E-state index is 2.47. The molecule has 0 N–H and O–H groups in total. The first kappa shape index (κ1) is 14.0. The van der Waals surface area contributed by atoms with Gasteiger partial charge in [0, 0.05) is 0 Å². The molecule has 2 unspecified atom stereocenters. The highest BCUT2D eigenvalue weighted by atomic mass is 14.3. The van der Waals surface area contributed by atoms with Gasteiger partial charge < -0.3 is 0 Å². The fraction of sp³-hybridized carbons (Fsp3) is 1.00. The summed E-state index contributed by atoms with van der Waals surface area (Å²) in [6.07, 6.45) is 8.33. The molecule has 0 saturated heterocycles. The first-order valence-electron chi connectivity index (χ1n) is 6.67. The average Bonchev–Trinajstić information content (AvgIpc) is 2.17. The van der Waals surface area contributed by atoms with Crippen LogP contribution in [0.15, 0.2) is 0 Å². The molecule has 0 heteroatoms. The van der Waals surface area contributed by atoms with Gasteiger partial charge in [0.25, 0.3) is 0 Å². The molecule has 0 aliphatic carbocycles. The van der Waals surface area contributed by atoms with Gasteiger partial charge in [-0.05, 0) is 17.8 Å². The van der Waals surface area contributed by atoms with Crippen molar-refractivity contribution in [3.8, 4) is 0 Å². The number of hydrogen-bond acceptors (Lipinski definition) is 0. The van der Waals surface area contributed by atoms with Gasteiger partial charge in [-0.3, -0.25) is 0 Å². The summed E-state index contributed by atoms with van der Waals surface area (Å²) in [5.41, 5.74) is 0. The lowest BCUT2D eigenvalue weighted by Crippen LogP contribution is -2.19. The van der Waals surface area contributed by atoms with Crippen LogP contribution in [0.5, 0.6) is 0 Å². The van der Waals surface area contributed by atoms with Crippen LogP contribution in [0.25, 0.3) is 0 Å². The van der Waals surface area contributed by atoms with Crippen molar-refractivity contribution in [2.24, 2.45) is 17.8 Å². The summed E-state index contributed by atoms with van der Waals surface area (Å²) in [5, 5.41) is 0. The Kier molecular flexibility index (Phi) is 8.32. The zero-order valence-corrected chi connectivity index (χ0v) is 11.0. The predicted octanol–water partition coefficient (Wildman–Crippen LogP) is 5.28. The third-order valence-corrected chi connectivity index (χ3v) is 3.70. The topological polar surface area (TPSA) is 0 Å². The largest absolute Gasteiger partial charge is 0.0654 e. The van der Waals surface area contributed by atoms with E-state index in [2.05, 4.69) is 34.6 Å². The quantitative estimate of drug-likeness (QED) is 0.498. The SMILES string of the molecule is CCCC(C)C(C)C(CCC)CCC. The Morgan fingerprint density at radius 3 is 1.50 bits per heavy atom. The third-order valence-electron chi connectivity index (χ3n) is 3.70. The van der Waals surface area contributed by atoms with Gasteiger partial charge in [-0.1, -0.05) is 73.1 Å². The second-order valence-corrected chi connectivity index (χ2v) is 4.96. The van der Waals surface area contributed by atoms with Crippen molar-refractivity contribution in [3.63, 3.8) is 0 Å². The van der Waals surface area contributed by atoms with E-state index in [1.165, 1.54) is 38.5 Å². The Morgan fingerprint density at radius 1 is 0.714 bits per heavy atom. The number of rotatable bonds is 8. The maximum absolute atomic E-state index is 2.47. The van der Waals surface area contributed by atoms with E-state index in [0.717, 1.165) is 17.8 Å². The van der Waals surface area contributed by atoms with Crippen LogP contribution in [-0.4, -0.2) is 0 Å². The fourth-order valence-corrected chi connectivity index (χ4v) is 2.59. The highest BCUT2D eigenvalue weighted by Gasteiger charge is 2.20. The van der Waals surface area contributed by atoms with Gasteiger partial charge in [-0.2, -0.15) is 0 Å². The molecule has 86 valence electrons. The van der Waals surface area contributed by atoms with Crippen molar-refractivity contribution in [2.45, 2.75) is 73.1 Å².